The molecule has 0 fully saturated rings. The number of rotatable bonds is 6. The molecule has 1 heterocycles. The molecule has 0 saturated carbocycles. The number of hydrogen-bond donors (Lipinski definition) is 2. The van der Waals surface area contributed by atoms with Crippen molar-refractivity contribution >= 4 is 11.6 Å². The van der Waals surface area contributed by atoms with Gasteiger partial charge in [-0.05, 0) is 40.6 Å². The number of nitrogens with zero attached hydrogens (tertiary/aromatic N) is 3. The summed E-state index contributed by atoms with van der Waals surface area (Å²) in [5.41, 5.74) is 3.49. The number of carbonyl (C=O) groups excluding carboxylic acids is 1. The lowest BCUT2D eigenvalue weighted by molar-refractivity contribution is -0.118. The quantitative estimate of drug-likeness (QED) is 0.541. The number of amides is 1. The average molecular weight is 371 g/mol. The van der Waals surface area contributed by atoms with E-state index in [1.807, 2.05) is 72.8 Å². The van der Waals surface area contributed by atoms with E-state index in [1.54, 1.807) is 6.07 Å². The van der Waals surface area contributed by atoms with Gasteiger partial charge in [0.1, 0.15) is 5.75 Å². The monoisotopic (exact) mass is 371 g/mol. The van der Waals surface area contributed by atoms with Crippen molar-refractivity contribution in [2.24, 2.45) is 0 Å². The summed E-state index contributed by atoms with van der Waals surface area (Å²) in [7, 11) is 0. The Labute approximate surface area is 161 Å². The van der Waals surface area contributed by atoms with E-state index in [0.717, 1.165) is 11.1 Å². The number of aromatic nitrogens is 4. The molecule has 0 bridgehead atoms. The Bertz CT molecular complexity index is 1050. The van der Waals surface area contributed by atoms with Crippen molar-refractivity contribution in [1.29, 1.82) is 0 Å². The molecule has 0 spiro atoms. The second-order valence-corrected chi connectivity index (χ2v) is 6.01. The first-order chi connectivity index (χ1) is 13.8. The fourth-order valence-electron chi connectivity index (χ4n) is 2.77. The van der Waals surface area contributed by atoms with E-state index in [9.17, 15) is 4.79 Å². The molecule has 1 aromatic heterocycles. The van der Waals surface area contributed by atoms with E-state index in [4.69, 9.17) is 4.74 Å². The number of nitrogens with one attached hydrogen (secondary N) is 2. The number of tetrazole rings is 1. The van der Waals surface area contributed by atoms with Gasteiger partial charge < -0.3 is 10.1 Å². The van der Waals surface area contributed by atoms with E-state index in [2.05, 4.69) is 25.9 Å². The van der Waals surface area contributed by atoms with Crippen LogP contribution < -0.4 is 10.1 Å². The molecule has 28 heavy (non-hydrogen) atoms. The van der Waals surface area contributed by atoms with Gasteiger partial charge in [-0.3, -0.25) is 4.79 Å². The van der Waals surface area contributed by atoms with Crippen LogP contribution in [0.15, 0.2) is 78.9 Å². The predicted molar refractivity (Wildman–Crippen MR) is 106 cm³/mol. The molecule has 0 atom stereocenters. The fraction of sp³-hybridized carbons (Fsp3) is 0.0476. The minimum absolute atomic E-state index is 0.106. The van der Waals surface area contributed by atoms with Crippen LogP contribution in [0.4, 0.5) is 5.69 Å². The zero-order valence-corrected chi connectivity index (χ0v) is 14.9. The van der Waals surface area contributed by atoms with Crippen molar-refractivity contribution < 1.29 is 9.53 Å². The number of para-hydroxylation sites is 1. The van der Waals surface area contributed by atoms with Gasteiger partial charge in [-0.15, -0.1) is 10.2 Å². The lowest BCUT2D eigenvalue weighted by Gasteiger charge is -2.10. The molecule has 3 aromatic carbocycles. The number of benzene rings is 3. The van der Waals surface area contributed by atoms with E-state index >= 15 is 0 Å². The molecule has 4 aromatic rings. The smallest absolute Gasteiger partial charge is 0.262 e. The zero-order valence-electron chi connectivity index (χ0n) is 14.9. The summed E-state index contributed by atoms with van der Waals surface area (Å²) in [6.07, 6.45) is 0. The van der Waals surface area contributed by atoms with Gasteiger partial charge in [-0.25, -0.2) is 0 Å². The molecule has 0 saturated heterocycles. The average Bonchev–Trinajstić information content (AvgIpc) is 3.28. The largest absolute Gasteiger partial charge is 0.484 e. The first kappa shape index (κ1) is 17.4. The van der Waals surface area contributed by atoms with Crippen molar-refractivity contribution in [2.75, 3.05) is 11.9 Å². The van der Waals surface area contributed by atoms with Crippen LogP contribution in [0.2, 0.25) is 0 Å². The molecule has 0 unspecified atom stereocenters. The normalized spacial score (nSPS) is 10.4. The molecular formula is C21H17N5O2. The van der Waals surface area contributed by atoms with Crippen LogP contribution in [0.1, 0.15) is 0 Å². The molecule has 0 radical (unpaired) electrons. The molecule has 4 rings (SSSR count). The molecule has 0 aliphatic heterocycles. The Balaban J connectivity index is 1.38. The maximum atomic E-state index is 12.3. The SMILES string of the molecule is O=C(COc1ccc(-c2ccccc2)cc1)Nc1ccccc1-c1nn[nH]n1. The number of carbonyl (C=O) groups is 1. The second-order valence-electron chi connectivity index (χ2n) is 6.01. The molecule has 7 nitrogen and oxygen atoms in total. The Morgan fingerprint density at radius 1 is 0.893 bits per heavy atom. The molecular weight excluding hydrogens is 354 g/mol. The van der Waals surface area contributed by atoms with Gasteiger partial charge in [0.2, 0.25) is 5.82 Å². The van der Waals surface area contributed by atoms with E-state index in [0.29, 0.717) is 22.8 Å². The third kappa shape index (κ3) is 4.04. The molecule has 2 N–H and O–H groups in total. The van der Waals surface area contributed by atoms with Gasteiger partial charge in [0, 0.05) is 5.56 Å². The lowest BCUT2D eigenvalue weighted by atomic mass is 10.1. The highest BCUT2D eigenvalue weighted by Gasteiger charge is 2.11. The van der Waals surface area contributed by atoms with Gasteiger partial charge in [0.25, 0.3) is 5.91 Å². The summed E-state index contributed by atoms with van der Waals surface area (Å²) in [6.45, 7) is -0.106. The third-order valence-corrected chi connectivity index (χ3v) is 4.12. The summed E-state index contributed by atoms with van der Waals surface area (Å²) in [5.74, 6) is 0.762. The van der Waals surface area contributed by atoms with Crippen LogP contribution in [0.5, 0.6) is 5.75 Å². The maximum absolute atomic E-state index is 12.3. The number of H-pyrrole nitrogens is 1. The summed E-state index contributed by atoms with van der Waals surface area (Å²) < 4.78 is 5.60. The minimum atomic E-state index is -0.275. The van der Waals surface area contributed by atoms with E-state index in [-0.39, 0.29) is 12.5 Å². The van der Waals surface area contributed by atoms with Gasteiger partial charge in [0.05, 0.1) is 5.69 Å². The Morgan fingerprint density at radius 2 is 1.61 bits per heavy atom. The van der Waals surface area contributed by atoms with Crippen LogP contribution in [0, 0.1) is 0 Å². The fourth-order valence-corrected chi connectivity index (χ4v) is 2.77. The summed E-state index contributed by atoms with van der Waals surface area (Å²) >= 11 is 0. The van der Waals surface area contributed by atoms with E-state index < -0.39 is 0 Å². The number of aromatic amines is 1. The molecule has 138 valence electrons. The van der Waals surface area contributed by atoms with Crippen molar-refractivity contribution in [1.82, 2.24) is 20.6 Å². The Kier molecular flexibility index (Phi) is 5.06. The summed E-state index contributed by atoms with van der Waals surface area (Å²) in [5, 5.41) is 16.7. The summed E-state index contributed by atoms with van der Waals surface area (Å²) in [6, 6.07) is 24.9. The highest BCUT2D eigenvalue weighted by molar-refractivity contribution is 5.95. The van der Waals surface area contributed by atoms with Crippen LogP contribution >= 0.6 is 0 Å². The van der Waals surface area contributed by atoms with Crippen LogP contribution in [-0.4, -0.2) is 33.1 Å². The number of hydrogen-bond acceptors (Lipinski definition) is 5. The number of anilines is 1. The predicted octanol–water partition coefficient (Wildman–Crippen LogP) is 3.55. The second kappa shape index (κ2) is 8.13. The highest BCUT2D eigenvalue weighted by atomic mass is 16.5. The highest BCUT2D eigenvalue weighted by Crippen LogP contribution is 2.24. The van der Waals surface area contributed by atoms with Crippen molar-refractivity contribution in [2.45, 2.75) is 0 Å². The Hall–Kier alpha value is -4.00. The third-order valence-electron chi connectivity index (χ3n) is 4.12. The molecule has 0 aliphatic carbocycles. The zero-order chi connectivity index (χ0) is 19.2. The lowest BCUT2D eigenvalue weighted by Crippen LogP contribution is -2.20. The maximum Gasteiger partial charge on any atom is 0.262 e. The van der Waals surface area contributed by atoms with Gasteiger partial charge in [-0.2, -0.15) is 5.21 Å². The first-order valence-corrected chi connectivity index (χ1v) is 8.70. The topological polar surface area (TPSA) is 92.8 Å². The van der Waals surface area contributed by atoms with Crippen molar-refractivity contribution in [3.8, 4) is 28.3 Å². The summed E-state index contributed by atoms with van der Waals surface area (Å²) in [4.78, 5) is 12.3. The van der Waals surface area contributed by atoms with Gasteiger partial charge in [-0.1, -0.05) is 54.6 Å². The van der Waals surface area contributed by atoms with Crippen LogP contribution in [0.3, 0.4) is 0 Å². The van der Waals surface area contributed by atoms with E-state index in [1.165, 1.54) is 0 Å². The molecule has 0 aliphatic rings. The van der Waals surface area contributed by atoms with Crippen LogP contribution in [-0.2, 0) is 4.79 Å². The Morgan fingerprint density at radius 3 is 2.36 bits per heavy atom. The van der Waals surface area contributed by atoms with Crippen molar-refractivity contribution in [3.63, 3.8) is 0 Å². The van der Waals surface area contributed by atoms with Crippen LogP contribution in [0.25, 0.3) is 22.5 Å². The van der Waals surface area contributed by atoms with Crippen molar-refractivity contribution in [3.05, 3.63) is 78.9 Å². The first-order valence-electron chi connectivity index (χ1n) is 8.70. The van der Waals surface area contributed by atoms with Gasteiger partial charge in [0.15, 0.2) is 6.61 Å². The standard InChI is InChI=1S/C21H17N5O2/c27-20(22-19-9-5-4-8-18(19)21-23-25-26-24-21)14-28-17-12-10-16(11-13-17)15-6-2-1-3-7-15/h1-13H,14H2,(H,22,27)(H,23,24,25,26). The molecule has 7 heteroatoms. The van der Waals surface area contributed by atoms with Gasteiger partial charge >= 0.3 is 0 Å². The molecule has 1 amide bonds. The number of ether oxygens (including phenoxy) is 1. The minimum Gasteiger partial charge on any atom is -0.484 e.